The van der Waals surface area contributed by atoms with Crippen LogP contribution in [0.25, 0.3) is 0 Å². The minimum absolute atomic E-state index is 0.0488. The van der Waals surface area contributed by atoms with E-state index in [9.17, 15) is 5.11 Å². The number of ether oxygens (including phenoxy) is 1. The first-order valence-corrected chi connectivity index (χ1v) is 5.86. The summed E-state index contributed by atoms with van der Waals surface area (Å²) in [6.45, 7) is 1.43. The molecule has 88 valence electrons. The Morgan fingerprint density at radius 2 is 2.00 bits per heavy atom. The molecule has 1 aromatic carbocycles. The van der Waals surface area contributed by atoms with Crippen molar-refractivity contribution in [2.45, 2.75) is 18.7 Å². The summed E-state index contributed by atoms with van der Waals surface area (Å²) in [4.78, 5) is 0. The molecule has 2 rings (SSSR count). The maximum Gasteiger partial charge on any atom is 0.0948 e. The first-order valence-electron chi connectivity index (χ1n) is 5.10. The quantitative estimate of drug-likeness (QED) is 0.873. The second-order valence-corrected chi connectivity index (χ2v) is 4.61. The summed E-state index contributed by atoms with van der Waals surface area (Å²) in [5.74, 6) is 0. The van der Waals surface area contributed by atoms with Gasteiger partial charge in [0.1, 0.15) is 0 Å². The van der Waals surface area contributed by atoms with Crippen molar-refractivity contribution >= 4 is 23.2 Å². The van der Waals surface area contributed by atoms with Gasteiger partial charge in [-0.15, -0.1) is 0 Å². The van der Waals surface area contributed by atoms with Crippen LogP contribution >= 0.6 is 23.2 Å². The molecule has 0 saturated carbocycles. The van der Waals surface area contributed by atoms with Gasteiger partial charge in [0.2, 0.25) is 0 Å². The van der Waals surface area contributed by atoms with Gasteiger partial charge in [0.05, 0.1) is 25.4 Å². The Morgan fingerprint density at radius 1 is 1.31 bits per heavy atom. The van der Waals surface area contributed by atoms with E-state index in [0.29, 0.717) is 29.8 Å². The number of hydrogen-bond donors (Lipinski definition) is 2. The number of hydrogen-bond acceptors (Lipinski definition) is 3. The summed E-state index contributed by atoms with van der Waals surface area (Å²) in [6.07, 6.45) is -0.457. The SMILES string of the molecule is OC1COCC1NCc1c(Cl)cccc1Cl. The number of halogens is 2. The highest BCUT2D eigenvalue weighted by Gasteiger charge is 2.25. The van der Waals surface area contributed by atoms with Gasteiger partial charge in [0, 0.05) is 22.2 Å². The number of rotatable bonds is 3. The molecule has 1 saturated heterocycles. The second kappa shape index (κ2) is 5.34. The average Bonchev–Trinajstić information content (AvgIpc) is 2.64. The summed E-state index contributed by atoms with van der Waals surface area (Å²) in [6, 6.07) is 5.35. The van der Waals surface area contributed by atoms with Crippen molar-refractivity contribution in [1.82, 2.24) is 5.32 Å². The van der Waals surface area contributed by atoms with Crippen LogP contribution in [0.1, 0.15) is 5.56 Å². The standard InChI is InChI=1S/C11H13Cl2NO2/c12-8-2-1-3-9(13)7(8)4-14-10-5-16-6-11(10)15/h1-3,10-11,14-15H,4-6H2. The molecule has 0 amide bonds. The van der Waals surface area contributed by atoms with E-state index in [4.69, 9.17) is 27.9 Å². The molecule has 1 aliphatic heterocycles. The molecule has 0 spiro atoms. The minimum Gasteiger partial charge on any atom is -0.389 e. The zero-order valence-corrected chi connectivity index (χ0v) is 10.1. The van der Waals surface area contributed by atoms with Crippen LogP contribution < -0.4 is 5.32 Å². The normalized spacial score (nSPS) is 24.9. The highest BCUT2D eigenvalue weighted by Crippen LogP contribution is 2.24. The molecular formula is C11H13Cl2NO2. The number of nitrogens with one attached hydrogen (secondary N) is 1. The third-order valence-corrected chi connectivity index (χ3v) is 3.36. The zero-order valence-electron chi connectivity index (χ0n) is 8.62. The molecular weight excluding hydrogens is 249 g/mol. The highest BCUT2D eigenvalue weighted by molar-refractivity contribution is 6.35. The predicted molar refractivity (Wildman–Crippen MR) is 63.9 cm³/mol. The number of aliphatic hydroxyl groups is 1. The van der Waals surface area contributed by atoms with Crippen LogP contribution in [0.5, 0.6) is 0 Å². The Hall–Kier alpha value is -0.320. The first-order chi connectivity index (χ1) is 7.68. The summed E-state index contributed by atoms with van der Waals surface area (Å²) >= 11 is 12.1. The van der Waals surface area contributed by atoms with E-state index in [0.717, 1.165) is 5.56 Å². The van der Waals surface area contributed by atoms with Gasteiger partial charge < -0.3 is 15.2 Å². The molecule has 5 heteroatoms. The van der Waals surface area contributed by atoms with E-state index in [1.165, 1.54) is 0 Å². The summed E-state index contributed by atoms with van der Waals surface area (Å²) in [5, 5.41) is 14.0. The van der Waals surface area contributed by atoms with Crippen molar-refractivity contribution in [2.75, 3.05) is 13.2 Å². The van der Waals surface area contributed by atoms with Gasteiger partial charge in [-0.2, -0.15) is 0 Å². The summed E-state index contributed by atoms with van der Waals surface area (Å²) in [5.41, 5.74) is 0.852. The Kier molecular flexibility index (Phi) is 4.05. The summed E-state index contributed by atoms with van der Waals surface area (Å²) in [7, 11) is 0. The third-order valence-electron chi connectivity index (χ3n) is 2.65. The topological polar surface area (TPSA) is 41.5 Å². The lowest BCUT2D eigenvalue weighted by atomic mass is 10.1. The molecule has 16 heavy (non-hydrogen) atoms. The van der Waals surface area contributed by atoms with Gasteiger partial charge in [0.25, 0.3) is 0 Å². The van der Waals surface area contributed by atoms with E-state index >= 15 is 0 Å². The highest BCUT2D eigenvalue weighted by atomic mass is 35.5. The maximum absolute atomic E-state index is 9.55. The van der Waals surface area contributed by atoms with Crippen LogP contribution in [0, 0.1) is 0 Å². The van der Waals surface area contributed by atoms with Gasteiger partial charge >= 0.3 is 0 Å². The molecule has 2 N–H and O–H groups in total. The van der Waals surface area contributed by atoms with Crippen LogP contribution in [-0.4, -0.2) is 30.5 Å². The van der Waals surface area contributed by atoms with Gasteiger partial charge in [-0.25, -0.2) is 0 Å². The van der Waals surface area contributed by atoms with E-state index in [1.54, 1.807) is 12.1 Å². The van der Waals surface area contributed by atoms with Crippen LogP contribution in [0.15, 0.2) is 18.2 Å². The van der Waals surface area contributed by atoms with Gasteiger partial charge in [0.15, 0.2) is 0 Å². The van der Waals surface area contributed by atoms with Crippen molar-refractivity contribution in [3.63, 3.8) is 0 Å². The lowest BCUT2D eigenvalue weighted by Crippen LogP contribution is -2.38. The van der Waals surface area contributed by atoms with Crippen molar-refractivity contribution < 1.29 is 9.84 Å². The van der Waals surface area contributed by atoms with Gasteiger partial charge in [-0.1, -0.05) is 29.3 Å². The van der Waals surface area contributed by atoms with Crippen LogP contribution in [0.4, 0.5) is 0 Å². The Labute approximate surface area is 104 Å². The molecule has 1 aromatic rings. The third kappa shape index (κ3) is 2.67. The van der Waals surface area contributed by atoms with Crippen LogP contribution in [0.2, 0.25) is 10.0 Å². The van der Waals surface area contributed by atoms with E-state index in [1.807, 2.05) is 6.07 Å². The smallest absolute Gasteiger partial charge is 0.0948 e. The molecule has 1 fully saturated rings. The largest absolute Gasteiger partial charge is 0.389 e. The van der Waals surface area contributed by atoms with E-state index < -0.39 is 6.10 Å². The van der Waals surface area contributed by atoms with Crippen molar-refractivity contribution in [3.05, 3.63) is 33.8 Å². The molecule has 2 atom stereocenters. The van der Waals surface area contributed by atoms with Crippen molar-refractivity contribution in [1.29, 1.82) is 0 Å². The van der Waals surface area contributed by atoms with E-state index in [2.05, 4.69) is 5.32 Å². The van der Waals surface area contributed by atoms with E-state index in [-0.39, 0.29) is 6.04 Å². The fraction of sp³-hybridized carbons (Fsp3) is 0.455. The second-order valence-electron chi connectivity index (χ2n) is 3.79. The van der Waals surface area contributed by atoms with Gasteiger partial charge in [-0.3, -0.25) is 0 Å². The number of benzene rings is 1. The van der Waals surface area contributed by atoms with Crippen LogP contribution in [0.3, 0.4) is 0 Å². The number of aliphatic hydroxyl groups excluding tert-OH is 1. The molecule has 2 unspecified atom stereocenters. The van der Waals surface area contributed by atoms with Crippen molar-refractivity contribution in [2.24, 2.45) is 0 Å². The monoisotopic (exact) mass is 261 g/mol. The Morgan fingerprint density at radius 3 is 2.56 bits per heavy atom. The predicted octanol–water partition coefficient (Wildman–Crippen LogP) is 1.84. The molecule has 0 bridgehead atoms. The Bertz CT molecular complexity index is 353. The zero-order chi connectivity index (χ0) is 11.5. The minimum atomic E-state index is -0.457. The van der Waals surface area contributed by atoms with Crippen molar-refractivity contribution in [3.8, 4) is 0 Å². The van der Waals surface area contributed by atoms with Crippen LogP contribution in [-0.2, 0) is 11.3 Å². The molecule has 1 aliphatic rings. The first kappa shape index (κ1) is 12.1. The fourth-order valence-electron chi connectivity index (χ4n) is 1.67. The average molecular weight is 262 g/mol. The molecule has 1 heterocycles. The fourth-order valence-corrected chi connectivity index (χ4v) is 2.20. The molecule has 0 aromatic heterocycles. The lowest BCUT2D eigenvalue weighted by molar-refractivity contribution is 0.122. The Balaban J connectivity index is 1.99. The summed E-state index contributed by atoms with van der Waals surface area (Å²) < 4.78 is 5.14. The van der Waals surface area contributed by atoms with Gasteiger partial charge in [-0.05, 0) is 12.1 Å². The maximum atomic E-state index is 9.55. The molecule has 0 radical (unpaired) electrons. The molecule has 0 aliphatic carbocycles. The lowest BCUT2D eigenvalue weighted by Gasteiger charge is -2.15. The molecule has 3 nitrogen and oxygen atoms in total.